The standard InChI is InChI=1S/C22H18Cl2N2O5S/c23-21-10-3-16(12-22(21)24)14-32(30,31)20-8-1-15(2-9-20)11-19(27)13-25-17-4-6-18(7-5-17)26(28)29/h1-10,12,25H,11,13-14H2. The number of halogens is 2. The van der Waals surface area contributed by atoms with Gasteiger partial charge >= 0.3 is 0 Å². The van der Waals surface area contributed by atoms with Crippen LogP contribution in [0.4, 0.5) is 11.4 Å². The monoisotopic (exact) mass is 492 g/mol. The molecule has 0 unspecified atom stereocenters. The Morgan fingerprint density at radius 2 is 1.53 bits per heavy atom. The van der Waals surface area contributed by atoms with Gasteiger partial charge in [-0.25, -0.2) is 8.42 Å². The lowest BCUT2D eigenvalue weighted by Gasteiger charge is -2.08. The van der Waals surface area contributed by atoms with Gasteiger partial charge in [-0.2, -0.15) is 0 Å². The van der Waals surface area contributed by atoms with Gasteiger partial charge in [-0.1, -0.05) is 41.4 Å². The quantitative estimate of drug-likeness (QED) is 0.329. The van der Waals surface area contributed by atoms with Crippen LogP contribution < -0.4 is 5.32 Å². The van der Waals surface area contributed by atoms with Crippen molar-refractivity contribution in [1.82, 2.24) is 0 Å². The average Bonchev–Trinajstić information content (AvgIpc) is 2.75. The van der Waals surface area contributed by atoms with E-state index in [0.717, 1.165) is 0 Å². The minimum Gasteiger partial charge on any atom is -0.378 e. The van der Waals surface area contributed by atoms with Gasteiger partial charge in [-0.05, 0) is 47.5 Å². The predicted octanol–water partition coefficient (Wildman–Crippen LogP) is 5.10. The third kappa shape index (κ3) is 6.29. The Balaban J connectivity index is 1.57. The normalized spacial score (nSPS) is 11.2. The number of Topliss-reactive ketones (excluding diaryl/α,β-unsaturated/α-hetero) is 1. The summed E-state index contributed by atoms with van der Waals surface area (Å²) in [6, 6.07) is 16.6. The van der Waals surface area contributed by atoms with Crippen LogP contribution in [0.1, 0.15) is 11.1 Å². The summed E-state index contributed by atoms with van der Waals surface area (Å²) in [5, 5.41) is 14.2. The summed E-state index contributed by atoms with van der Waals surface area (Å²) >= 11 is 11.8. The van der Waals surface area contributed by atoms with Crippen LogP contribution in [0.3, 0.4) is 0 Å². The van der Waals surface area contributed by atoms with Crippen molar-refractivity contribution in [2.45, 2.75) is 17.1 Å². The van der Waals surface area contributed by atoms with Crippen molar-refractivity contribution in [1.29, 1.82) is 0 Å². The van der Waals surface area contributed by atoms with E-state index in [0.29, 0.717) is 21.8 Å². The van der Waals surface area contributed by atoms with Gasteiger partial charge in [-0.3, -0.25) is 14.9 Å². The molecule has 0 amide bonds. The summed E-state index contributed by atoms with van der Waals surface area (Å²) in [6.07, 6.45) is 0.118. The SMILES string of the molecule is O=C(CNc1ccc([N+](=O)[O-])cc1)Cc1ccc(S(=O)(=O)Cc2ccc(Cl)c(Cl)c2)cc1. The van der Waals surface area contributed by atoms with E-state index in [1.165, 1.54) is 42.5 Å². The van der Waals surface area contributed by atoms with Crippen LogP contribution in [0.2, 0.25) is 10.0 Å². The molecule has 0 saturated heterocycles. The summed E-state index contributed by atoms with van der Waals surface area (Å²) in [5.74, 6) is -0.337. The molecule has 0 fully saturated rings. The molecule has 0 aromatic heterocycles. The number of carbonyl (C=O) groups is 1. The molecule has 0 heterocycles. The summed E-state index contributed by atoms with van der Waals surface area (Å²) in [6.45, 7) is 0.0369. The summed E-state index contributed by atoms with van der Waals surface area (Å²) in [5.41, 5.74) is 1.76. The Bertz CT molecular complexity index is 1240. The molecular weight excluding hydrogens is 475 g/mol. The molecule has 3 aromatic carbocycles. The number of hydrogen-bond donors (Lipinski definition) is 1. The van der Waals surface area contributed by atoms with Crippen molar-refractivity contribution in [3.63, 3.8) is 0 Å². The van der Waals surface area contributed by atoms with E-state index in [1.54, 1.807) is 24.3 Å². The summed E-state index contributed by atoms with van der Waals surface area (Å²) in [4.78, 5) is 22.5. The molecule has 0 bridgehead atoms. The first kappa shape index (κ1) is 23.7. The maximum absolute atomic E-state index is 12.7. The maximum atomic E-state index is 12.7. The van der Waals surface area contributed by atoms with Gasteiger partial charge in [0.2, 0.25) is 0 Å². The van der Waals surface area contributed by atoms with E-state index in [4.69, 9.17) is 23.2 Å². The van der Waals surface area contributed by atoms with Crippen LogP contribution in [0.15, 0.2) is 71.6 Å². The largest absolute Gasteiger partial charge is 0.378 e. The number of sulfone groups is 1. The van der Waals surface area contributed by atoms with Crippen molar-refractivity contribution in [2.24, 2.45) is 0 Å². The first-order valence-corrected chi connectivity index (χ1v) is 11.8. The number of nitrogens with one attached hydrogen (secondary N) is 1. The molecule has 10 heteroatoms. The molecule has 0 spiro atoms. The predicted molar refractivity (Wildman–Crippen MR) is 124 cm³/mol. The number of rotatable bonds is 9. The fourth-order valence-corrected chi connectivity index (χ4v) is 4.60. The van der Waals surface area contributed by atoms with E-state index >= 15 is 0 Å². The van der Waals surface area contributed by atoms with Crippen LogP contribution in [-0.4, -0.2) is 25.7 Å². The third-order valence-corrected chi connectivity index (χ3v) is 7.04. The van der Waals surface area contributed by atoms with Gasteiger partial charge in [0.15, 0.2) is 15.6 Å². The van der Waals surface area contributed by atoms with Gasteiger partial charge in [0.05, 0.1) is 32.2 Å². The Morgan fingerprint density at radius 1 is 0.906 bits per heavy atom. The van der Waals surface area contributed by atoms with Gasteiger partial charge < -0.3 is 5.32 Å². The van der Waals surface area contributed by atoms with Crippen LogP contribution in [0, 0.1) is 10.1 Å². The zero-order chi connectivity index (χ0) is 23.3. The number of non-ortho nitro benzene ring substituents is 1. The first-order valence-electron chi connectivity index (χ1n) is 9.40. The second-order valence-corrected chi connectivity index (χ2v) is 9.83. The minimum atomic E-state index is -3.59. The van der Waals surface area contributed by atoms with Crippen molar-refractivity contribution in [3.05, 3.63) is 98.0 Å². The van der Waals surface area contributed by atoms with Crippen LogP contribution in [0.25, 0.3) is 0 Å². The van der Waals surface area contributed by atoms with Crippen molar-refractivity contribution in [2.75, 3.05) is 11.9 Å². The minimum absolute atomic E-state index is 0.0314. The highest BCUT2D eigenvalue weighted by molar-refractivity contribution is 7.90. The molecule has 0 aliphatic carbocycles. The molecule has 0 atom stereocenters. The molecule has 0 aliphatic heterocycles. The second-order valence-electron chi connectivity index (χ2n) is 7.02. The highest BCUT2D eigenvalue weighted by Crippen LogP contribution is 2.25. The van der Waals surface area contributed by atoms with E-state index in [2.05, 4.69) is 5.32 Å². The highest BCUT2D eigenvalue weighted by Gasteiger charge is 2.16. The number of benzene rings is 3. The summed E-state index contributed by atoms with van der Waals surface area (Å²) in [7, 11) is -3.59. The van der Waals surface area contributed by atoms with Crippen molar-refractivity contribution < 1.29 is 18.1 Å². The molecule has 0 saturated carbocycles. The average molecular weight is 493 g/mol. The smallest absolute Gasteiger partial charge is 0.269 e. The molecule has 0 radical (unpaired) electrons. The topological polar surface area (TPSA) is 106 Å². The zero-order valence-corrected chi connectivity index (χ0v) is 19.0. The van der Waals surface area contributed by atoms with Crippen LogP contribution in [-0.2, 0) is 26.8 Å². The van der Waals surface area contributed by atoms with Crippen molar-refractivity contribution in [3.8, 4) is 0 Å². The van der Waals surface area contributed by atoms with E-state index < -0.39 is 14.8 Å². The highest BCUT2D eigenvalue weighted by atomic mass is 35.5. The molecule has 0 aliphatic rings. The lowest BCUT2D eigenvalue weighted by molar-refractivity contribution is -0.384. The molecule has 7 nitrogen and oxygen atoms in total. The van der Waals surface area contributed by atoms with Gasteiger partial charge in [0.25, 0.3) is 5.69 Å². The zero-order valence-electron chi connectivity index (χ0n) is 16.6. The Kier molecular flexibility index (Phi) is 7.50. The van der Waals surface area contributed by atoms with E-state index in [9.17, 15) is 23.3 Å². The van der Waals surface area contributed by atoms with Gasteiger partial charge in [0.1, 0.15) is 0 Å². The lowest BCUT2D eigenvalue weighted by atomic mass is 10.1. The third-order valence-electron chi connectivity index (χ3n) is 4.59. The van der Waals surface area contributed by atoms with E-state index in [-0.39, 0.29) is 40.1 Å². The van der Waals surface area contributed by atoms with Crippen LogP contribution >= 0.6 is 23.2 Å². The number of nitro groups is 1. The Hall–Kier alpha value is -2.94. The fraction of sp³-hybridized carbons (Fsp3) is 0.136. The number of ketones is 1. The Labute approximate surface area is 195 Å². The van der Waals surface area contributed by atoms with E-state index in [1.807, 2.05) is 0 Å². The number of nitrogens with zero attached hydrogens (tertiary/aromatic N) is 1. The number of hydrogen-bond acceptors (Lipinski definition) is 6. The van der Waals surface area contributed by atoms with Crippen molar-refractivity contribution >= 4 is 50.2 Å². The number of carbonyl (C=O) groups excluding carboxylic acids is 1. The molecular formula is C22H18Cl2N2O5S. The molecule has 3 rings (SSSR count). The first-order chi connectivity index (χ1) is 15.1. The van der Waals surface area contributed by atoms with Gasteiger partial charge in [-0.15, -0.1) is 0 Å². The molecule has 166 valence electrons. The fourth-order valence-electron chi connectivity index (χ4n) is 2.94. The molecule has 1 N–H and O–H groups in total. The number of nitro benzene ring substituents is 1. The molecule has 32 heavy (non-hydrogen) atoms. The van der Waals surface area contributed by atoms with Crippen LogP contribution in [0.5, 0.6) is 0 Å². The second kappa shape index (κ2) is 10.1. The summed E-state index contributed by atoms with van der Waals surface area (Å²) < 4.78 is 25.3. The maximum Gasteiger partial charge on any atom is 0.269 e. The Morgan fingerprint density at radius 3 is 2.12 bits per heavy atom. The lowest BCUT2D eigenvalue weighted by Crippen LogP contribution is -2.16. The number of anilines is 1. The molecule has 3 aromatic rings. The van der Waals surface area contributed by atoms with Gasteiger partial charge in [0, 0.05) is 24.2 Å².